The molecule has 0 aliphatic carbocycles. The number of carbonyl (C=O) groups excluding carboxylic acids is 1. The second-order valence-corrected chi connectivity index (χ2v) is 6.62. The topological polar surface area (TPSA) is 50.3 Å². The van der Waals surface area contributed by atoms with Gasteiger partial charge in [-0.25, -0.2) is 0 Å². The van der Waals surface area contributed by atoms with Crippen LogP contribution in [0.2, 0.25) is 0 Å². The van der Waals surface area contributed by atoms with Gasteiger partial charge in [0, 0.05) is 58.9 Å². The van der Waals surface area contributed by atoms with Crippen LogP contribution < -0.4 is 0 Å². The first-order valence-electron chi connectivity index (χ1n) is 8.67. The third kappa shape index (κ3) is 4.65. The third-order valence-corrected chi connectivity index (χ3v) is 4.97. The molecular weight excluding hydrogens is 280 g/mol. The first-order chi connectivity index (χ1) is 10.5. The van der Waals surface area contributed by atoms with Crippen molar-refractivity contribution in [2.45, 2.75) is 32.9 Å². The Morgan fingerprint density at radius 1 is 0.955 bits per heavy atom. The molecule has 0 aromatic rings. The van der Waals surface area contributed by atoms with Crippen molar-refractivity contribution in [3.63, 3.8) is 0 Å². The molecule has 0 aromatic carbocycles. The number of hydrogen-bond acceptors (Lipinski definition) is 5. The van der Waals surface area contributed by atoms with Crippen LogP contribution in [0.15, 0.2) is 0 Å². The van der Waals surface area contributed by atoms with Gasteiger partial charge in [-0.3, -0.25) is 14.6 Å². The SMILES string of the molecule is CCN1CCN(C(=O)[C@@H](C)N2CCN(C[C@H](C)O)CC2)CC1. The lowest BCUT2D eigenvalue weighted by atomic mass is 10.1. The predicted molar refractivity (Wildman–Crippen MR) is 87.8 cm³/mol. The molecule has 2 heterocycles. The Labute approximate surface area is 134 Å². The summed E-state index contributed by atoms with van der Waals surface area (Å²) < 4.78 is 0. The van der Waals surface area contributed by atoms with Gasteiger partial charge in [0.05, 0.1) is 12.1 Å². The van der Waals surface area contributed by atoms with Crippen LogP contribution in [-0.2, 0) is 4.79 Å². The molecule has 1 N–H and O–H groups in total. The van der Waals surface area contributed by atoms with Crippen LogP contribution in [-0.4, -0.2) is 108 Å². The van der Waals surface area contributed by atoms with E-state index in [0.717, 1.165) is 65.4 Å². The van der Waals surface area contributed by atoms with Crippen molar-refractivity contribution in [2.24, 2.45) is 0 Å². The average molecular weight is 312 g/mol. The van der Waals surface area contributed by atoms with Gasteiger partial charge in [-0.05, 0) is 20.4 Å². The van der Waals surface area contributed by atoms with Gasteiger partial charge in [0.1, 0.15) is 0 Å². The summed E-state index contributed by atoms with van der Waals surface area (Å²) in [6.45, 7) is 15.3. The Bertz CT molecular complexity index is 348. The summed E-state index contributed by atoms with van der Waals surface area (Å²) in [6.07, 6.45) is -0.277. The van der Waals surface area contributed by atoms with Crippen molar-refractivity contribution in [2.75, 3.05) is 65.4 Å². The minimum absolute atomic E-state index is 0.0260. The van der Waals surface area contributed by atoms with Crippen molar-refractivity contribution in [3.05, 3.63) is 0 Å². The van der Waals surface area contributed by atoms with Gasteiger partial charge in [-0.15, -0.1) is 0 Å². The Morgan fingerprint density at radius 2 is 1.50 bits per heavy atom. The van der Waals surface area contributed by atoms with E-state index in [4.69, 9.17) is 0 Å². The lowest BCUT2D eigenvalue weighted by Gasteiger charge is -2.41. The first kappa shape index (κ1) is 17.7. The maximum Gasteiger partial charge on any atom is 0.239 e. The molecule has 2 aliphatic rings. The number of hydrogen-bond donors (Lipinski definition) is 1. The van der Waals surface area contributed by atoms with Gasteiger partial charge in [-0.1, -0.05) is 6.92 Å². The molecule has 2 atom stereocenters. The maximum absolute atomic E-state index is 12.7. The van der Waals surface area contributed by atoms with Gasteiger partial charge in [0.25, 0.3) is 0 Å². The second-order valence-electron chi connectivity index (χ2n) is 6.62. The van der Waals surface area contributed by atoms with E-state index in [9.17, 15) is 9.90 Å². The Hall–Kier alpha value is -0.690. The zero-order valence-corrected chi connectivity index (χ0v) is 14.4. The molecule has 2 aliphatic heterocycles. The van der Waals surface area contributed by atoms with E-state index in [-0.39, 0.29) is 18.1 Å². The standard InChI is InChI=1S/C16H32N4O2/c1-4-17-5-11-20(12-6-17)16(22)15(3)19-9-7-18(8-10-19)13-14(2)21/h14-15,21H,4-13H2,1-3H3/t14-,15+/m0/s1. The number of rotatable bonds is 5. The molecule has 22 heavy (non-hydrogen) atoms. The maximum atomic E-state index is 12.7. The van der Waals surface area contributed by atoms with Gasteiger partial charge in [0.2, 0.25) is 5.91 Å². The summed E-state index contributed by atoms with van der Waals surface area (Å²) in [6, 6.07) is -0.0260. The summed E-state index contributed by atoms with van der Waals surface area (Å²) in [5.41, 5.74) is 0. The molecule has 2 saturated heterocycles. The molecule has 2 fully saturated rings. The number of carbonyl (C=O) groups is 1. The highest BCUT2D eigenvalue weighted by Gasteiger charge is 2.30. The number of aliphatic hydroxyl groups is 1. The van der Waals surface area contributed by atoms with E-state index in [1.54, 1.807) is 0 Å². The average Bonchev–Trinajstić information content (AvgIpc) is 2.54. The Balaban J connectivity index is 1.77. The van der Waals surface area contributed by atoms with Crippen molar-refractivity contribution in [1.29, 1.82) is 0 Å². The van der Waals surface area contributed by atoms with Gasteiger partial charge in [0.15, 0.2) is 0 Å². The molecule has 1 amide bonds. The fourth-order valence-electron chi connectivity index (χ4n) is 3.41. The summed E-state index contributed by atoms with van der Waals surface area (Å²) in [4.78, 5) is 21.6. The smallest absolute Gasteiger partial charge is 0.239 e. The van der Waals surface area contributed by atoms with E-state index in [2.05, 4.69) is 21.6 Å². The van der Waals surface area contributed by atoms with Crippen LogP contribution in [0, 0.1) is 0 Å². The fourth-order valence-corrected chi connectivity index (χ4v) is 3.41. The molecule has 6 heteroatoms. The normalized spacial score (nSPS) is 25.2. The molecule has 2 rings (SSSR count). The molecule has 6 nitrogen and oxygen atoms in total. The number of amides is 1. The zero-order chi connectivity index (χ0) is 16.1. The number of aliphatic hydroxyl groups excluding tert-OH is 1. The van der Waals surface area contributed by atoms with E-state index >= 15 is 0 Å². The Morgan fingerprint density at radius 3 is 2.00 bits per heavy atom. The van der Waals surface area contributed by atoms with Crippen LogP contribution in [0.3, 0.4) is 0 Å². The number of piperazine rings is 2. The number of nitrogens with zero attached hydrogens (tertiary/aromatic N) is 4. The molecule has 0 spiro atoms. The third-order valence-electron chi connectivity index (χ3n) is 4.97. The molecule has 128 valence electrons. The molecular formula is C16H32N4O2. The van der Waals surface area contributed by atoms with Crippen molar-refractivity contribution in [1.82, 2.24) is 19.6 Å². The van der Waals surface area contributed by atoms with Crippen LogP contribution >= 0.6 is 0 Å². The van der Waals surface area contributed by atoms with E-state index in [1.807, 2.05) is 18.7 Å². The van der Waals surface area contributed by atoms with E-state index in [0.29, 0.717) is 0 Å². The highest BCUT2D eigenvalue weighted by Crippen LogP contribution is 2.11. The van der Waals surface area contributed by atoms with Gasteiger partial charge >= 0.3 is 0 Å². The molecule has 0 bridgehead atoms. The van der Waals surface area contributed by atoms with Gasteiger partial charge in [-0.2, -0.15) is 0 Å². The Kier molecular flexibility index (Phi) is 6.62. The summed E-state index contributed by atoms with van der Waals surface area (Å²) in [5.74, 6) is 0.278. The van der Waals surface area contributed by atoms with Crippen molar-refractivity contribution in [3.8, 4) is 0 Å². The minimum Gasteiger partial charge on any atom is -0.392 e. The lowest BCUT2D eigenvalue weighted by molar-refractivity contribution is -0.139. The highest BCUT2D eigenvalue weighted by atomic mass is 16.3. The highest BCUT2D eigenvalue weighted by molar-refractivity contribution is 5.81. The zero-order valence-electron chi connectivity index (χ0n) is 14.4. The van der Waals surface area contributed by atoms with Crippen molar-refractivity contribution < 1.29 is 9.90 Å². The number of β-amino-alcohol motifs (C(OH)–C–C–N with tert-alkyl or cyclic N) is 1. The molecule has 0 saturated carbocycles. The van der Waals surface area contributed by atoms with Crippen LogP contribution in [0.5, 0.6) is 0 Å². The summed E-state index contributed by atoms with van der Waals surface area (Å²) >= 11 is 0. The van der Waals surface area contributed by atoms with Crippen LogP contribution in [0.4, 0.5) is 0 Å². The summed E-state index contributed by atoms with van der Waals surface area (Å²) in [7, 11) is 0. The van der Waals surface area contributed by atoms with Crippen LogP contribution in [0.1, 0.15) is 20.8 Å². The lowest BCUT2D eigenvalue weighted by Crippen LogP contribution is -2.57. The quantitative estimate of drug-likeness (QED) is 0.744. The molecule has 0 radical (unpaired) electrons. The predicted octanol–water partition coefficient (Wildman–Crippen LogP) is -0.463. The van der Waals surface area contributed by atoms with Gasteiger partial charge < -0.3 is 14.9 Å². The van der Waals surface area contributed by atoms with E-state index in [1.165, 1.54) is 0 Å². The van der Waals surface area contributed by atoms with Crippen molar-refractivity contribution >= 4 is 5.91 Å². The second kappa shape index (κ2) is 8.24. The number of likely N-dealkylation sites (N-methyl/N-ethyl adjacent to an activating group) is 1. The first-order valence-corrected chi connectivity index (χ1v) is 8.67. The largest absolute Gasteiger partial charge is 0.392 e. The molecule has 0 aromatic heterocycles. The van der Waals surface area contributed by atoms with Crippen LogP contribution in [0.25, 0.3) is 0 Å². The monoisotopic (exact) mass is 312 g/mol. The molecule has 0 unspecified atom stereocenters. The minimum atomic E-state index is -0.277. The summed E-state index contributed by atoms with van der Waals surface area (Å²) in [5, 5.41) is 9.46. The van der Waals surface area contributed by atoms with E-state index < -0.39 is 0 Å². The fraction of sp³-hybridized carbons (Fsp3) is 0.938.